The van der Waals surface area contributed by atoms with E-state index in [2.05, 4.69) is 18.3 Å². The molecule has 0 radical (unpaired) electrons. The first kappa shape index (κ1) is 15.2. The van der Waals surface area contributed by atoms with E-state index in [0.717, 1.165) is 23.1 Å². The average Bonchev–Trinajstić information content (AvgIpc) is 2.64. The predicted molar refractivity (Wildman–Crippen MR) is 84.3 cm³/mol. The fourth-order valence-corrected chi connectivity index (χ4v) is 3.60. The van der Waals surface area contributed by atoms with Gasteiger partial charge in [-0.1, -0.05) is 49.4 Å². The van der Waals surface area contributed by atoms with E-state index in [0.29, 0.717) is 11.8 Å². The number of hydrogen-bond acceptors (Lipinski definition) is 1. The SMILES string of the molecule is CCNCC1CCCCCC1c1cc(Cl)ccc1Cl. The van der Waals surface area contributed by atoms with Gasteiger partial charge in [-0.05, 0) is 61.5 Å². The number of rotatable bonds is 4. The smallest absolute Gasteiger partial charge is 0.0441 e. The topological polar surface area (TPSA) is 12.0 Å². The molecule has 1 N–H and O–H groups in total. The van der Waals surface area contributed by atoms with E-state index in [4.69, 9.17) is 23.2 Å². The maximum atomic E-state index is 6.40. The molecule has 0 amide bonds. The van der Waals surface area contributed by atoms with Crippen LogP contribution >= 0.6 is 23.2 Å². The Balaban J connectivity index is 2.23. The molecule has 2 rings (SSSR count). The minimum atomic E-state index is 0.549. The average molecular weight is 300 g/mol. The van der Waals surface area contributed by atoms with Crippen molar-refractivity contribution in [3.63, 3.8) is 0 Å². The van der Waals surface area contributed by atoms with Gasteiger partial charge in [0, 0.05) is 10.0 Å². The Hall–Kier alpha value is -0.240. The summed E-state index contributed by atoms with van der Waals surface area (Å²) in [5, 5.41) is 5.17. The lowest BCUT2D eigenvalue weighted by atomic mass is 9.82. The maximum Gasteiger partial charge on any atom is 0.0441 e. The third-order valence-electron chi connectivity index (χ3n) is 4.17. The molecule has 1 nitrogen and oxygen atoms in total. The Morgan fingerprint density at radius 1 is 1.16 bits per heavy atom. The van der Waals surface area contributed by atoms with Gasteiger partial charge in [-0.25, -0.2) is 0 Å². The van der Waals surface area contributed by atoms with E-state index in [1.807, 2.05) is 12.1 Å². The Morgan fingerprint density at radius 3 is 2.74 bits per heavy atom. The number of nitrogens with one attached hydrogen (secondary N) is 1. The normalized spacial score (nSPS) is 24.2. The predicted octanol–water partition coefficient (Wildman–Crippen LogP) is 5.27. The summed E-state index contributed by atoms with van der Waals surface area (Å²) in [5.41, 5.74) is 1.25. The zero-order chi connectivity index (χ0) is 13.7. The second-order valence-corrected chi connectivity index (χ2v) is 6.32. The van der Waals surface area contributed by atoms with Crippen LogP contribution in [0.3, 0.4) is 0 Å². The van der Waals surface area contributed by atoms with Gasteiger partial charge in [0.2, 0.25) is 0 Å². The summed E-state index contributed by atoms with van der Waals surface area (Å²) in [4.78, 5) is 0. The van der Waals surface area contributed by atoms with E-state index in [1.54, 1.807) is 0 Å². The van der Waals surface area contributed by atoms with Crippen LogP contribution in [0.25, 0.3) is 0 Å². The lowest BCUT2D eigenvalue weighted by Gasteiger charge is -2.26. The van der Waals surface area contributed by atoms with Gasteiger partial charge in [0.15, 0.2) is 0 Å². The van der Waals surface area contributed by atoms with Gasteiger partial charge >= 0.3 is 0 Å². The van der Waals surface area contributed by atoms with Crippen molar-refractivity contribution in [2.24, 2.45) is 5.92 Å². The summed E-state index contributed by atoms with van der Waals surface area (Å²) in [5.74, 6) is 1.23. The van der Waals surface area contributed by atoms with Gasteiger partial charge in [0.05, 0.1) is 0 Å². The zero-order valence-electron chi connectivity index (χ0n) is 11.6. The van der Waals surface area contributed by atoms with Gasteiger partial charge in [0.25, 0.3) is 0 Å². The molecule has 0 aromatic heterocycles. The minimum absolute atomic E-state index is 0.549. The molecule has 1 saturated carbocycles. The molecule has 1 aromatic rings. The van der Waals surface area contributed by atoms with Crippen molar-refractivity contribution in [1.82, 2.24) is 5.32 Å². The summed E-state index contributed by atoms with van der Waals surface area (Å²) >= 11 is 12.6. The number of halogens is 2. The third-order valence-corrected chi connectivity index (χ3v) is 4.75. The molecule has 3 heteroatoms. The van der Waals surface area contributed by atoms with Crippen LogP contribution in [-0.4, -0.2) is 13.1 Å². The van der Waals surface area contributed by atoms with Crippen molar-refractivity contribution in [1.29, 1.82) is 0 Å². The molecular formula is C16H23Cl2N. The first-order chi connectivity index (χ1) is 9.22. The van der Waals surface area contributed by atoms with Crippen LogP contribution in [0.1, 0.15) is 50.5 Å². The first-order valence-electron chi connectivity index (χ1n) is 7.38. The largest absolute Gasteiger partial charge is 0.317 e. The molecular weight excluding hydrogens is 277 g/mol. The van der Waals surface area contributed by atoms with Crippen LogP contribution in [0, 0.1) is 5.92 Å². The molecule has 1 aliphatic carbocycles. The van der Waals surface area contributed by atoms with Crippen molar-refractivity contribution < 1.29 is 0 Å². The molecule has 1 aliphatic rings. The summed E-state index contributed by atoms with van der Waals surface area (Å²) < 4.78 is 0. The van der Waals surface area contributed by atoms with E-state index in [-0.39, 0.29) is 0 Å². The monoisotopic (exact) mass is 299 g/mol. The fraction of sp³-hybridized carbons (Fsp3) is 0.625. The molecule has 0 heterocycles. The van der Waals surface area contributed by atoms with Gasteiger partial charge in [-0.3, -0.25) is 0 Å². The van der Waals surface area contributed by atoms with E-state index < -0.39 is 0 Å². The summed E-state index contributed by atoms with van der Waals surface area (Å²) in [6, 6.07) is 5.89. The number of benzene rings is 1. The van der Waals surface area contributed by atoms with Crippen molar-refractivity contribution >= 4 is 23.2 Å². The van der Waals surface area contributed by atoms with Crippen LogP contribution in [0.2, 0.25) is 10.0 Å². The van der Waals surface area contributed by atoms with Crippen LogP contribution in [0.4, 0.5) is 0 Å². The lowest BCUT2D eigenvalue weighted by molar-refractivity contribution is 0.379. The Labute approximate surface area is 126 Å². The molecule has 0 aliphatic heterocycles. The second-order valence-electron chi connectivity index (χ2n) is 5.48. The zero-order valence-corrected chi connectivity index (χ0v) is 13.1. The summed E-state index contributed by atoms with van der Waals surface area (Å²) in [6.45, 7) is 4.29. The van der Waals surface area contributed by atoms with Crippen LogP contribution in [0.15, 0.2) is 18.2 Å². The molecule has 1 fully saturated rings. The fourth-order valence-electron chi connectivity index (χ4n) is 3.17. The lowest BCUT2D eigenvalue weighted by Crippen LogP contribution is -2.26. The Kier molecular flexibility index (Phi) is 6.00. The molecule has 106 valence electrons. The van der Waals surface area contributed by atoms with Gasteiger partial charge in [-0.2, -0.15) is 0 Å². The summed E-state index contributed by atoms with van der Waals surface area (Å²) in [7, 11) is 0. The molecule has 1 aromatic carbocycles. The minimum Gasteiger partial charge on any atom is -0.317 e. The highest BCUT2D eigenvalue weighted by Crippen LogP contribution is 2.40. The standard InChI is InChI=1S/C16H23Cl2N/c1-2-19-11-12-6-4-3-5-7-14(12)15-10-13(17)8-9-16(15)18/h8-10,12,14,19H,2-7,11H2,1H3. The highest BCUT2D eigenvalue weighted by atomic mass is 35.5. The quantitative estimate of drug-likeness (QED) is 0.747. The van der Waals surface area contributed by atoms with Crippen LogP contribution in [-0.2, 0) is 0 Å². The van der Waals surface area contributed by atoms with Crippen molar-refractivity contribution in [2.45, 2.75) is 44.9 Å². The first-order valence-corrected chi connectivity index (χ1v) is 8.13. The third kappa shape index (κ3) is 4.11. The van der Waals surface area contributed by atoms with Gasteiger partial charge < -0.3 is 5.32 Å². The molecule has 2 unspecified atom stereocenters. The number of hydrogen-bond donors (Lipinski definition) is 1. The molecule has 0 saturated heterocycles. The van der Waals surface area contributed by atoms with Crippen LogP contribution < -0.4 is 5.32 Å². The van der Waals surface area contributed by atoms with E-state index in [9.17, 15) is 0 Å². The van der Waals surface area contributed by atoms with Gasteiger partial charge in [-0.15, -0.1) is 0 Å². The molecule has 0 spiro atoms. The van der Waals surface area contributed by atoms with Gasteiger partial charge in [0.1, 0.15) is 0 Å². The Morgan fingerprint density at radius 2 is 1.95 bits per heavy atom. The van der Waals surface area contributed by atoms with Crippen LogP contribution in [0.5, 0.6) is 0 Å². The van der Waals surface area contributed by atoms with E-state index >= 15 is 0 Å². The summed E-state index contributed by atoms with van der Waals surface area (Å²) in [6.07, 6.45) is 6.51. The highest BCUT2D eigenvalue weighted by molar-refractivity contribution is 6.33. The van der Waals surface area contributed by atoms with Crippen molar-refractivity contribution in [2.75, 3.05) is 13.1 Å². The molecule has 0 bridgehead atoms. The van der Waals surface area contributed by atoms with Crippen molar-refractivity contribution in [3.8, 4) is 0 Å². The second kappa shape index (κ2) is 7.52. The maximum absolute atomic E-state index is 6.40. The Bertz CT molecular complexity index is 406. The highest BCUT2D eigenvalue weighted by Gasteiger charge is 2.26. The molecule has 2 atom stereocenters. The van der Waals surface area contributed by atoms with E-state index in [1.165, 1.54) is 37.7 Å². The van der Waals surface area contributed by atoms with Crippen molar-refractivity contribution in [3.05, 3.63) is 33.8 Å². The molecule has 19 heavy (non-hydrogen) atoms.